The van der Waals surface area contributed by atoms with E-state index in [-0.39, 0.29) is 5.91 Å². The summed E-state index contributed by atoms with van der Waals surface area (Å²) in [6.07, 6.45) is 1.37. The highest BCUT2D eigenvalue weighted by Crippen LogP contribution is 2.19. The second-order valence-corrected chi connectivity index (χ2v) is 6.04. The topological polar surface area (TPSA) is 76.1 Å². The van der Waals surface area contributed by atoms with Crippen molar-refractivity contribution in [1.29, 1.82) is 0 Å². The lowest BCUT2D eigenvalue weighted by molar-refractivity contribution is 0.0946. The van der Waals surface area contributed by atoms with Crippen LogP contribution in [0.5, 0.6) is 5.75 Å². The number of hydrogen-bond donors (Lipinski definition) is 2. The lowest BCUT2D eigenvalue weighted by atomic mass is 10.1. The molecule has 0 spiro atoms. The summed E-state index contributed by atoms with van der Waals surface area (Å²) in [6.45, 7) is 5.05. The first kappa shape index (κ1) is 18.4. The number of aromatic nitrogens is 2. The maximum atomic E-state index is 12.4. The average molecular weight is 362 g/mol. The van der Waals surface area contributed by atoms with E-state index in [1.54, 1.807) is 6.07 Å². The molecule has 1 heterocycles. The van der Waals surface area contributed by atoms with Gasteiger partial charge in [-0.05, 0) is 43.7 Å². The van der Waals surface area contributed by atoms with E-state index in [1.807, 2.05) is 62.4 Å². The van der Waals surface area contributed by atoms with Crippen LogP contribution < -0.4 is 15.4 Å². The van der Waals surface area contributed by atoms with Gasteiger partial charge >= 0.3 is 0 Å². The average Bonchev–Trinajstić information content (AvgIpc) is 2.69. The second kappa shape index (κ2) is 8.80. The first-order valence-electron chi connectivity index (χ1n) is 8.79. The molecule has 0 bridgehead atoms. The lowest BCUT2D eigenvalue weighted by Crippen LogP contribution is -2.24. The number of aryl methyl sites for hydroxylation is 1. The molecule has 0 aliphatic heterocycles. The Morgan fingerprint density at radius 2 is 1.78 bits per heavy atom. The zero-order chi connectivity index (χ0) is 19.1. The third-order valence-electron chi connectivity index (χ3n) is 3.91. The molecule has 1 aromatic heterocycles. The molecule has 2 aromatic carbocycles. The summed E-state index contributed by atoms with van der Waals surface area (Å²) in [6, 6.07) is 17.2. The highest BCUT2D eigenvalue weighted by molar-refractivity contribution is 5.92. The molecule has 27 heavy (non-hydrogen) atoms. The molecular weight excluding hydrogens is 340 g/mol. The summed E-state index contributed by atoms with van der Waals surface area (Å²) in [5.74, 6) is 1.12. The zero-order valence-electron chi connectivity index (χ0n) is 15.4. The molecule has 6 nitrogen and oxygen atoms in total. The van der Waals surface area contributed by atoms with Crippen molar-refractivity contribution in [2.45, 2.75) is 20.4 Å². The molecule has 0 fully saturated rings. The predicted molar refractivity (Wildman–Crippen MR) is 105 cm³/mol. The summed E-state index contributed by atoms with van der Waals surface area (Å²) < 4.78 is 5.43. The van der Waals surface area contributed by atoms with Crippen LogP contribution in [0.2, 0.25) is 0 Å². The van der Waals surface area contributed by atoms with Gasteiger partial charge in [0.1, 0.15) is 23.6 Å². The lowest BCUT2D eigenvalue weighted by Gasteiger charge is -2.09. The first-order chi connectivity index (χ1) is 13.1. The summed E-state index contributed by atoms with van der Waals surface area (Å²) >= 11 is 0. The normalized spacial score (nSPS) is 10.3. The molecule has 0 atom stereocenters. The van der Waals surface area contributed by atoms with E-state index < -0.39 is 0 Å². The summed E-state index contributed by atoms with van der Waals surface area (Å²) in [5.41, 5.74) is 3.38. The number of nitrogens with one attached hydrogen (secondary N) is 2. The van der Waals surface area contributed by atoms with Crippen molar-refractivity contribution in [3.63, 3.8) is 0 Å². The van der Waals surface area contributed by atoms with Crippen molar-refractivity contribution in [2.75, 3.05) is 11.9 Å². The summed E-state index contributed by atoms with van der Waals surface area (Å²) in [7, 11) is 0. The minimum atomic E-state index is -0.243. The van der Waals surface area contributed by atoms with Crippen LogP contribution in [0.25, 0.3) is 0 Å². The summed E-state index contributed by atoms with van der Waals surface area (Å²) in [5, 5.41) is 6.04. The van der Waals surface area contributed by atoms with Gasteiger partial charge in [0.25, 0.3) is 5.91 Å². The van der Waals surface area contributed by atoms with E-state index in [0.29, 0.717) is 24.7 Å². The molecule has 0 aliphatic carbocycles. The quantitative estimate of drug-likeness (QED) is 0.667. The molecule has 0 unspecified atom stereocenters. The second-order valence-electron chi connectivity index (χ2n) is 6.04. The van der Waals surface area contributed by atoms with Crippen molar-refractivity contribution in [3.05, 3.63) is 77.7 Å². The van der Waals surface area contributed by atoms with Gasteiger partial charge in [0, 0.05) is 18.3 Å². The highest BCUT2D eigenvalue weighted by Gasteiger charge is 2.09. The number of benzene rings is 2. The molecule has 3 rings (SSSR count). The Labute approximate surface area is 158 Å². The molecule has 1 amide bonds. The van der Waals surface area contributed by atoms with Crippen LogP contribution in [0.4, 0.5) is 11.5 Å². The third-order valence-corrected chi connectivity index (χ3v) is 3.91. The maximum Gasteiger partial charge on any atom is 0.270 e. The Bertz CT molecular complexity index is 893. The molecule has 0 aliphatic rings. The number of rotatable bonds is 7. The van der Waals surface area contributed by atoms with Gasteiger partial charge in [-0.15, -0.1) is 0 Å². The first-order valence-corrected chi connectivity index (χ1v) is 8.79. The van der Waals surface area contributed by atoms with Gasteiger partial charge in [0.2, 0.25) is 0 Å². The highest BCUT2D eigenvalue weighted by atomic mass is 16.5. The van der Waals surface area contributed by atoms with Gasteiger partial charge in [-0.1, -0.05) is 29.8 Å². The van der Waals surface area contributed by atoms with Crippen LogP contribution in [-0.4, -0.2) is 22.5 Å². The molecule has 6 heteroatoms. The smallest absolute Gasteiger partial charge is 0.270 e. The molecule has 138 valence electrons. The number of nitrogens with zero attached hydrogens (tertiary/aromatic N) is 2. The number of carbonyl (C=O) groups excluding carboxylic acids is 1. The third kappa shape index (κ3) is 5.28. The molecule has 0 saturated carbocycles. The van der Waals surface area contributed by atoms with Gasteiger partial charge in [-0.2, -0.15) is 0 Å². The van der Waals surface area contributed by atoms with Gasteiger partial charge in [-0.25, -0.2) is 9.97 Å². The van der Waals surface area contributed by atoms with Gasteiger partial charge in [0.05, 0.1) is 6.61 Å². The van der Waals surface area contributed by atoms with Crippen molar-refractivity contribution in [3.8, 4) is 5.75 Å². The van der Waals surface area contributed by atoms with E-state index in [0.717, 1.165) is 17.0 Å². The monoisotopic (exact) mass is 362 g/mol. The van der Waals surface area contributed by atoms with E-state index in [2.05, 4.69) is 20.6 Å². The van der Waals surface area contributed by atoms with Crippen LogP contribution in [-0.2, 0) is 6.54 Å². The van der Waals surface area contributed by atoms with E-state index in [1.165, 1.54) is 11.9 Å². The number of amides is 1. The molecular formula is C21H22N4O2. The van der Waals surface area contributed by atoms with Crippen LogP contribution in [0.1, 0.15) is 28.5 Å². The fourth-order valence-electron chi connectivity index (χ4n) is 2.48. The van der Waals surface area contributed by atoms with Crippen molar-refractivity contribution < 1.29 is 9.53 Å². The largest absolute Gasteiger partial charge is 0.494 e. The Morgan fingerprint density at radius 3 is 2.48 bits per heavy atom. The number of hydrogen-bond acceptors (Lipinski definition) is 5. The number of carbonyl (C=O) groups is 1. The Kier molecular flexibility index (Phi) is 5.99. The molecule has 2 N–H and O–H groups in total. The summed E-state index contributed by atoms with van der Waals surface area (Å²) in [4.78, 5) is 20.6. The fraction of sp³-hybridized carbons (Fsp3) is 0.190. The van der Waals surface area contributed by atoms with E-state index in [9.17, 15) is 4.79 Å². The van der Waals surface area contributed by atoms with Crippen LogP contribution in [0.15, 0.2) is 60.9 Å². The van der Waals surface area contributed by atoms with Crippen LogP contribution in [0.3, 0.4) is 0 Å². The molecule has 0 radical (unpaired) electrons. The van der Waals surface area contributed by atoms with Crippen molar-refractivity contribution >= 4 is 17.4 Å². The van der Waals surface area contributed by atoms with E-state index in [4.69, 9.17) is 4.74 Å². The van der Waals surface area contributed by atoms with Crippen molar-refractivity contribution in [2.24, 2.45) is 0 Å². The van der Waals surface area contributed by atoms with Crippen LogP contribution in [0, 0.1) is 6.92 Å². The maximum absolute atomic E-state index is 12.4. The zero-order valence-corrected chi connectivity index (χ0v) is 15.4. The number of anilines is 2. The SMILES string of the molecule is CCOc1ccc(Nc2cc(C(=O)NCc3ccc(C)cc3)ncn2)cc1. The minimum Gasteiger partial charge on any atom is -0.494 e. The van der Waals surface area contributed by atoms with Crippen molar-refractivity contribution in [1.82, 2.24) is 15.3 Å². The van der Waals surface area contributed by atoms with Gasteiger partial charge in [-0.3, -0.25) is 4.79 Å². The van der Waals surface area contributed by atoms with Gasteiger partial charge < -0.3 is 15.4 Å². The predicted octanol–water partition coefficient (Wildman–Crippen LogP) is 3.86. The standard InChI is InChI=1S/C21H22N4O2/c1-3-27-18-10-8-17(9-11-18)25-20-12-19(23-14-24-20)21(26)22-13-16-6-4-15(2)5-7-16/h4-12,14H,3,13H2,1-2H3,(H,22,26)(H,23,24,25). The van der Waals surface area contributed by atoms with E-state index >= 15 is 0 Å². The van der Waals surface area contributed by atoms with Gasteiger partial charge in [0.15, 0.2) is 0 Å². The van der Waals surface area contributed by atoms with Crippen LogP contribution >= 0.6 is 0 Å². The Hall–Kier alpha value is -3.41. The Morgan fingerprint density at radius 1 is 1.04 bits per heavy atom. The Balaban J connectivity index is 1.62. The number of ether oxygens (including phenoxy) is 1. The fourth-order valence-corrected chi connectivity index (χ4v) is 2.48. The molecule has 0 saturated heterocycles. The minimum absolute atomic E-state index is 0.243. The molecule has 3 aromatic rings.